The van der Waals surface area contributed by atoms with Gasteiger partial charge in [-0.3, -0.25) is 0 Å². The van der Waals surface area contributed by atoms with Crippen LogP contribution in [0.25, 0.3) is 0 Å². The van der Waals surface area contributed by atoms with Crippen LogP contribution in [0.1, 0.15) is 202 Å². The molecule has 0 aliphatic carbocycles. The standard InChI is InChI=1S/C59H96O8/c1-13-19-27-45-43(7)53(60)51(31-23-17-5)49(29-21-15-3)47(45)33-25-35-62-37-57(9,10)55-64-39-59(40-65-55)41-66-56(67-42-59)58(11,12)38-63-36-26-34-48-46(28-20-14-2)44(8)54(61)52(32-24-18-6)50(48)30-22-16-4/h25-26,35-36,55-56,60-61H,13-24,27-34,37-42H2,1-12H3. The molecule has 380 valence electrons. The molecule has 8 nitrogen and oxygen atoms in total. The maximum Gasteiger partial charge on any atom is 0.165 e. The maximum atomic E-state index is 11.4. The second-order valence-corrected chi connectivity index (χ2v) is 21.6. The minimum atomic E-state index is -0.415. The number of phenols is 2. The quantitative estimate of drug-likeness (QED) is 0.0748. The number of hydrogen-bond acceptors (Lipinski definition) is 8. The van der Waals surface area contributed by atoms with Crippen molar-refractivity contribution in [2.75, 3.05) is 39.6 Å². The average molecular weight is 933 g/mol. The van der Waals surface area contributed by atoms with Crippen molar-refractivity contribution < 1.29 is 38.6 Å². The SMILES string of the molecule is CCCCc1c(C)c(O)c(CCCC)c(CCCC)c1CC=COCC(C)(C)C1OCC2(CO1)COC(C(C)(C)COC=CCc1c(CCCC)c(C)c(O)c(CCCC)c1CCCC)OC2. The van der Waals surface area contributed by atoms with E-state index in [0.29, 0.717) is 51.1 Å². The van der Waals surface area contributed by atoms with Crippen molar-refractivity contribution in [3.8, 4) is 11.5 Å². The van der Waals surface area contributed by atoms with Crippen LogP contribution in [0.3, 0.4) is 0 Å². The Morgan fingerprint density at radius 3 is 1.04 bits per heavy atom. The highest BCUT2D eigenvalue weighted by Gasteiger charge is 2.48. The lowest BCUT2D eigenvalue weighted by atomic mass is 9.83. The van der Waals surface area contributed by atoms with Gasteiger partial charge >= 0.3 is 0 Å². The number of allylic oxidation sites excluding steroid dienone is 2. The van der Waals surface area contributed by atoms with E-state index < -0.39 is 12.6 Å². The molecule has 2 fully saturated rings. The molecule has 0 unspecified atom stereocenters. The van der Waals surface area contributed by atoms with Crippen LogP contribution < -0.4 is 0 Å². The van der Waals surface area contributed by atoms with E-state index in [1.54, 1.807) is 0 Å². The van der Waals surface area contributed by atoms with Gasteiger partial charge in [-0.1, -0.05) is 108 Å². The molecule has 0 aromatic heterocycles. The van der Waals surface area contributed by atoms with Gasteiger partial charge in [-0.25, -0.2) is 0 Å². The Kier molecular flexibility index (Phi) is 23.6. The van der Waals surface area contributed by atoms with Crippen LogP contribution in [0, 0.1) is 30.1 Å². The number of benzene rings is 2. The molecular formula is C59H96O8. The number of unbranched alkanes of at least 4 members (excludes halogenated alkanes) is 6. The van der Waals surface area contributed by atoms with Gasteiger partial charge in [-0.2, -0.15) is 0 Å². The number of rotatable bonds is 30. The molecule has 0 bridgehead atoms. The van der Waals surface area contributed by atoms with Gasteiger partial charge in [-0.15, -0.1) is 0 Å². The lowest BCUT2D eigenvalue weighted by molar-refractivity contribution is -0.337. The predicted octanol–water partition coefficient (Wildman–Crippen LogP) is 14.4. The number of phenolic OH excluding ortho intramolecular Hbond substituents is 2. The zero-order valence-electron chi connectivity index (χ0n) is 44.7. The fourth-order valence-corrected chi connectivity index (χ4v) is 10.0. The second kappa shape index (κ2) is 28.0. The summed E-state index contributed by atoms with van der Waals surface area (Å²) in [6.07, 6.45) is 27.9. The van der Waals surface area contributed by atoms with E-state index in [9.17, 15) is 10.2 Å². The first-order chi connectivity index (χ1) is 32.1. The Bertz CT molecular complexity index is 1700. The summed E-state index contributed by atoms with van der Waals surface area (Å²) in [5.41, 5.74) is 11.4. The molecule has 67 heavy (non-hydrogen) atoms. The fourth-order valence-electron chi connectivity index (χ4n) is 10.0. The van der Waals surface area contributed by atoms with Crippen molar-refractivity contribution in [2.24, 2.45) is 16.2 Å². The molecule has 2 aromatic carbocycles. The van der Waals surface area contributed by atoms with E-state index in [-0.39, 0.29) is 16.2 Å². The van der Waals surface area contributed by atoms with Gasteiger partial charge in [0, 0.05) is 10.8 Å². The zero-order valence-corrected chi connectivity index (χ0v) is 44.7. The summed E-state index contributed by atoms with van der Waals surface area (Å²) in [5.74, 6) is 1.05. The van der Waals surface area contributed by atoms with Gasteiger partial charge in [-0.05, 0) is 172 Å². The van der Waals surface area contributed by atoms with Gasteiger partial charge in [0.15, 0.2) is 12.6 Å². The Morgan fingerprint density at radius 2 is 0.746 bits per heavy atom. The van der Waals surface area contributed by atoms with E-state index in [4.69, 9.17) is 28.4 Å². The summed E-state index contributed by atoms with van der Waals surface area (Å²) in [4.78, 5) is 0. The van der Waals surface area contributed by atoms with E-state index in [1.807, 2.05) is 12.5 Å². The highest BCUT2D eigenvalue weighted by Crippen LogP contribution is 2.41. The minimum absolute atomic E-state index is 0.368. The summed E-state index contributed by atoms with van der Waals surface area (Å²) >= 11 is 0. The van der Waals surface area contributed by atoms with Crippen molar-refractivity contribution in [2.45, 2.75) is 224 Å². The molecule has 0 saturated carbocycles. The molecule has 2 aromatic rings. The second-order valence-electron chi connectivity index (χ2n) is 21.6. The van der Waals surface area contributed by atoms with Crippen molar-refractivity contribution in [1.29, 1.82) is 0 Å². The third-order valence-electron chi connectivity index (χ3n) is 14.4. The van der Waals surface area contributed by atoms with E-state index in [0.717, 1.165) is 151 Å². The van der Waals surface area contributed by atoms with Gasteiger partial charge in [0.05, 0.1) is 57.6 Å². The van der Waals surface area contributed by atoms with Gasteiger partial charge in [0.1, 0.15) is 11.5 Å². The van der Waals surface area contributed by atoms with Crippen LogP contribution in [0.5, 0.6) is 11.5 Å². The predicted molar refractivity (Wildman–Crippen MR) is 276 cm³/mol. The smallest absolute Gasteiger partial charge is 0.165 e. The van der Waals surface area contributed by atoms with Crippen molar-refractivity contribution in [3.05, 3.63) is 80.3 Å². The van der Waals surface area contributed by atoms with Gasteiger partial charge in [0.25, 0.3) is 0 Å². The fraction of sp³-hybridized carbons (Fsp3) is 0.729. The topological polar surface area (TPSA) is 95.8 Å². The van der Waals surface area contributed by atoms with Crippen LogP contribution in [0.15, 0.2) is 24.7 Å². The van der Waals surface area contributed by atoms with Gasteiger partial charge < -0.3 is 38.6 Å². The highest BCUT2D eigenvalue weighted by molar-refractivity contribution is 5.57. The number of hydrogen-bond donors (Lipinski definition) is 2. The Balaban J connectivity index is 1.31. The van der Waals surface area contributed by atoms with Crippen molar-refractivity contribution in [3.63, 3.8) is 0 Å². The molecule has 0 atom stereocenters. The third kappa shape index (κ3) is 15.5. The van der Waals surface area contributed by atoms with Crippen LogP contribution >= 0.6 is 0 Å². The number of aromatic hydroxyl groups is 2. The summed E-state index contributed by atoms with van der Waals surface area (Å²) in [6, 6.07) is 0. The summed E-state index contributed by atoms with van der Waals surface area (Å²) < 4.78 is 38.2. The van der Waals surface area contributed by atoms with E-state index in [2.05, 4.69) is 95.2 Å². The summed E-state index contributed by atoms with van der Waals surface area (Å²) in [5, 5.41) is 22.8. The van der Waals surface area contributed by atoms with Gasteiger partial charge in [0.2, 0.25) is 0 Å². The summed E-state index contributed by atoms with van der Waals surface area (Å²) in [6.45, 7) is 29.0. The molecule has 1 spiro atoms. The molecule has 0 radical (unpaired) electrons. The third-order valence-corrected chi connectivity index (χ3v) is 14.4. The first-order valence-corrected chi connectivity index (χ1v) is 26.8. The van der Waals surface area contributed by atoms with E-state index in [1.165, 1.54) is 33.4 Å². The van der Waals surface area contributed by atoms with Crippen LogP contribution in [-0.4, -0.2) is 62.4 Å². The minimum Gasteiger partial charge on any atom is -0.507 e. The molecule has 2 N–H and O–H groups in total. The Hall–Kier alpha value is -3.04. The molecule has 2 aliphatic heterocycles. The van der Waals surface area contributed by atoms with Crippen LogP contribution in [-0.2, 0) is 79.8 Å². The summed E-state index contributed by atoms with van der Waals surface area (Å²) in [7, 11) is 0. The van der Waals surface area contributed by atoms with Crippen LogP contribution in [0.2, 0.25) is 0 Å². The van der Waals surface area contributed by atoms with Crippen molar-refractivity contribution in [1.82, 2.24) is 0 Å². The lowest BCUT2D eigenvalue weighted by Crippen LogP contribution is -2.57. The molecule has 2 saturated heterocycles. The molecular weight excluding hydrogens is 837 g/mol. The van der Waals surface area contributed by atoms with Crippen LogP contribution in [0.4, 0.5) is 0 Å². The Morgan fingerprint density at radius 1 is 0.463 bits per heavy atom. The normalized spacial score (nSPS) is 19.3. The molecule has 2 heterocycles. The lowest BCUT2D eigenvalue weighted by Gasteiger charge is -2.48. The molecule has 2 aliphatic rings. The number of ether oxygens (including phenoxy) is 6. The molecule has 8 heteroatoms. The first-order valence-electron chi connectivity index (χ1n) is 26.8. The molecule has 0 amide bonds. The largest absolute Gasteiger partial charge is 0.507 e. The average Bonchev–Trinajstić information content (AvgIpc) is 3.31. The van der Waals surface area contributed by atoms with Crippen molar-refractivity contribution >= 4 is 0 Å². The molecule has 4 rings (SSSR count). The monoisotopic (exact) mass is 933 g/mol. The zero-order chi connectivity index (χ0) is 49.0. The maximum absolute atomic E-state index is 11.4. The van der Waals surface area contributed by atoms with E-state index >= 15 is 0 Å². The first kappa shape index (κ1) is 56.5. The Labute approximate surface area is 409 Å². The highest BCUT2D eigenvalue weighted by atomic mass is 16.7.